The van der Waals surface area contributed by atoms with Crippen molar-refractivity contribution in [1.29, 1.82) is 0 Å². The Morgan fingerprint density at radius 2 is 1.87 bits per heavy atom. The van der Waals surface area contributed by atoms with E-state index in [0.717, 1.165) is 11.1 Å². The lowest BCUT2D eigenvalue weighted by molar-refractivity contribution is 0.0955. The fourth-order valence-electron chi connectivity index (χ4n) is 3.26. The van der Waals surface area contributed by atoms with Crippen LogP contribution in [0, 0.1) is 0 Å². The van der Waals surface area contributed by atoms with Gasteiger partial charge in [0.25, 0.3) is 0 Å². The Labute approximate surface area is 178 Å². The van der Waals surface area contributed by atoms with E-state index in [1.807, 2.05) is 45.0 Å². The zero-order chi connectivity index (χ0) is 22.2. The molecule has 0 bridgehead atoms. The highest BCUT2D eigenvalue weighted by Crippen LogP contribution is 2.26. The summed E-state index contributed by atoms with van der Waals surface area (Å²) in [5.41, 5.74) is 8.76. The van der Waals surface area contributed by atoms with Crippen molar-refractivity contribution >= 4 is 23.2 Å². The first-order chi connectivity index (χ1) is 14.7. The Morgan fingerprint density at radius 3 is 2.48 bits per heavy atom. The number of rotatable bonds is 5. The zero-order valence-corrected chi connectivity index (χ0v) is 17.5. The molecule has 3 heterocycles. The van der Waals surface area contributed by atoms with Gasteiger partial charge in [-0.2, -0.15) is 4.98 Å². The highest BCUT2D eigenvalue weighted by molar-refractivity contribution is 5.85. The molecule has 0 atom stereocenters. The first-order valence-corrected chi connectivity index (χ1v) is 9.71. The van der Waals surface area contributed by atoms with Gasteiger partial charge in [0.2, 0.25) is 5.95 Å². The number of nitrogens with two attached hydrogens (primary N) is 1. The largest absolute Gasteiger partial charge is 0.465 e. The SMILES string of the molecule is CC(C)(C)N(Cc1ccc(Cn2nnc3c(-c4ccco4)nc(N)nc32)cc1)C(=O)O. The van der Waals surface area contributed by atoms with Crippen LogP contribution in [0.15, 0.2) is 47.1 Å². The maximum absolute atomic E-state index is 11.6. The van der Waals surface area contributed by atoms with Crippen LogP contribution in [0.25, 0.3) is 22.6 Å². The number of benzene rings is 1. The van der Waals surface area contributed by atoms with Gasteiger partial charge in [-0.15, -0.1) is 5.10 Å². The van der Waals surface area contributed by atoms with Gasteiger partial charge in [0, 0.05) is 12.1 Å². The molecular weight excluding hydrogens is 398 g/mol. The van der Waals surface area contributed by atoms with E-state index in [1.54, 1.807) is 23.1 Å². The van der Waals surface area contributed by atoms with Gasteiger partial charge in [-0.05, 0) is 44.0 Å². The minimum Gasteiger partial charge on any atom is -0.465 e. The predicted octanol–water partition coefficient (Wildman–Crippen LogP) is 3.39. The first-order valence-electron chi connectivity index (χ1n) is 9.71. The topological polar surface area (TPSA) is 136 Å². The van der Waals surface area contributed by atoms with E-state index in [4.69, 9.17) is 10.2 Å². The summed E-state index contributed by atoms with van der Waals surface area (Å²) >= 11 is 0. The lowest BCUT2D eigenvalue weighted by Crippen LogP contribution is -2.44. The van der Waals surface area contributed by atoms with Crippen LogP contribution < -0.4 is 5.73 Å². The van der Waals surface area contributed by atoms with Gasteiger partial charge in [0.05, 0.1) is 12.8 Å². The molecule has 0 radical (unpaired) electrons. The first kappa shape index (κ1) is 20.3. The molecule has 0 saturated heterocycles. The number of carbonyl (C=O) groups is 1. The van der Waals surface area contributed by atoms with Gasteiger partial charge in [-0.3, -0.25) is 4.90 Å². The van der Waals surface area contributed by atoms with E-state index in [9.17, 15) is 9.90 Å². The van der Waals surface area contributed by atoms with Crippen molar-refractivity contribution in [2.45, 2.75) is 39.4 Å². The Morgan fingerprint density at radius 1 is 1.16 bits per heavy atom. The van der Waals surface area contributed by atoms with Gasteiger partial charge >= 0.3 is 6.09 Å². The van der Waals surface area contributed by atoms with Crippen molar-refractivity contribution in [3.63, 3.8) is 0 Å². The van der Waals surface area contributed by atoms with Gasteiger partial charge in [0.15, 0.2) is 16.9 Å². The monoisotopic (exact) mass is 421 g/mol. The maximum Gasteiger partial charge on any atom is 0.408 e. The molecule has 160 valence electrons. The normalized spacial score (nSPS) is 11.7. The lowest BCUT2D eigenvalue weighted by Gasteiger charge is -2.33. The van der Waals surface area contributed by atoms with Crippen LogP contribution in [0.1, 0.15) is 31.9 Å². The molecule has 10 heteroatoms. The third-order valence-corrected chi connectivity index (χ3v) is 4.87. The van der Waals surface area contributed by atoms with Crippen LogP contribution in [0.5, 0.6) is 0 Å². The molecule has 0 saturated carbocycles. The second-order valence-corrected chi connectivity index (χ2v) is 8.18. The third-order valence-electron chi connectivity index (χ3n) is 4.87. The number of aromatic nitrogens is 5. The molecule has 0 unspecified atom stereocenters. The number of nitrogen functional groups attached to an aromatic ring is 1. The van der Waals surface area contributed by atoms with Crippen molar-refractivity contribution in [3.05, 3.63) is 53.8 Å². The highest BCUT2D eigenvalue weighted by atomic mass is 16.4. The predicted molar refractivity (Wildman–Crippen MR) is 114 cm³/mol. The highest BCUT2D eigenvalue weighted by Gasteiger charge is 2.26. The molecule has 31 heavy (non-hydrogen) atoms. The Balaban J connectivity index is 1.58. The van der Waals surface area contributed by atoms with E-state index < -0.39 is 11.6 Å². The smallest absolute Gasteiger partial charge is 0.408 e. The van der Waals surface area contributed by atoms with Crippen molar-refractivity contribution in [2.75, 3.05) is 5.73 Å². The summed E-state index contributed by atoms with van der Waals surface area (Å²) in [5.74, 6) is 0.645. The van der Waals surface area contributed by atoms with E-state index >= 15 is 0 Å². The van der Waals surface area contributed by atoms with Crippen LogP contribution in [0.2, 0.25) is 0 Å². The van der Waals surface area contributed by atoms with Crippen molar-refractivity contribution in [1.82, 2.24) is 29.9 Å². The van der Waals surface area contributed by atoms with Crippen LogP contribution >= 0.6 is 0 Å². The standard InChI is InChI=1S/C21H23N7O3/c1-21(2,3)27(20(29)30)11-13-6-8-14(9-7-13)12-28-18-17(25-26-28)16(23-19(22)24-18)15-5-4-10-31-15/h4-10H,11-12H2,1-3H3,(H,29,30)(H2,22,23,24). The number of carboxylic acid groups (broad SMARTS) is 1. The lowest BCUT2D eigenvalue weighted by atomic mass is 10.0. The van der Waals surface area contributed by atoms with Crippen molar-refractivity contribution in [3.8, 4) is 11.5 Å². The average molecular weight is 421 g/mol. The molecule has 0 fully saturated rings. The molecule has 0 spiro atoms. The minimum absolute atomic E-state index is 0.105. The zero-order valence-electron chi connectivity index (χ0n) is 17.5. The fraction of sp³-hybridized carbons (Fsp3) is 0.286. The maximum atomic E-state index is 11.6. The van der Waals surface area contributed by atoms with Crippen LogP contribution in [-0.2, 0) is 13.1 Å². The van der Waals surface area contributed by atoms with E-state index in [0.29, 0.717) is 35.7 Å². The average Bonchev–Trinajstić information content (AvgIpc) is 3.36. The number of hydrogen-bond acceptors (Lipinski definition) is 7. The molecule has 0 aliphatic heterocycles. The molecule has 4 rings (SSSR count). The molecule has 3 N–H and O–H groups in total. The second kappa shape index (κ2) is 7.71. The fourth-order valence-corrected chi connectivity index (χ4v) is 3.26. The van der Waals surface area contributed by atoms with Gasteiger partial charge < -0.3 is 15.3 Å². The molecule has 0 aliphatic rings. The molecular formula is C21H23N7O3. The molecule has 3 aromatic heterocycles. The number of nitrogens with zero attached hydrogens (tertiary/aromatic N) is 6. The third kappa shape index (κ3) is 4.18. The molecule has 1 aromatic carbocycles. The Hall–Kier alpha value is -3.95. The van der Waals surface area contributed by atoms with Gasteiger partial charge in [-0.25, -0.2) is 14.5 Å². The van der Waals surface area contributed by atoms with E-state index in [2.05, 4.69) is 20.3 Å². The number of fused-ring (bicyclic) bond motifs is 1. The molecule has 1 amide bonds. The van der Waals surface area contributed by atoms with Gasteiger partial charge in [-0.1, -0.05) is 29.5 Å². The molecule has 4 aromatic rings. The van der Waals surface area contributed by atoms with Crippen molar-refractivity contribution < 1.29 is 14.3 Å². The van der Waals surface area contributed by atoms with E-state index in [1.165, 1.54) is 4.90 Å². The molecule has 10 nitrogen and oxygen atoms in total. The summed E-state index contributed by atoms with van der Waals surface area (Å²) in [6.45, 7) is 6.34. The quantitative estimate of drug-likeness (QED) is 0.500. The number of furan rings is 1. The Bertz CT molecular complexity index is 1210. The summed E-state index contributed by atoms with van der Waals surface area (Å²) in [7, 11) is 0. The molecule has 0 aliphatic carbocycles. The summed E-state index contributed by atoms with van der Waals surface area (Å²) < 4.78 is 7.07. The second-order valence-electron chi connectivity index (χ2n) is 8.18. The Kier molecular flexibility index (Phi) is 5.05. The number of hydrogen-bond donors (Lipinski definition) is 2. The van der Waals surface area contributed by atoms with Crippen LogP contribution in [0.4, 0.5) is 10.7 Å². The van der Waals surface area contributed by atoms with Gasteiger partial charge in [0.1, 0.15) is 5.69 Å². The summed E-state index contributed by atoms with van der Waals surface area (Å²) in [5, 5.41) is 17.9. The van der Waals surface area contributed by atoms with Crippen LogP contribution in [-0.4, -0.2) is 46.6 Å². The number of anilines is 1. The minimum atomic E-state index is -0.949. The summed E-state index contributed by atoms with van der Waals surface area (Å²) in [4.78, 5) is 21.5. The number of amides is 1. The summed E-state index contributed by atoms with van der Waals surface area (Å²) in [6.07, 6.45) is 0.603. The van der Waals surface area contributed by atoms with E-state index in [-0.39, 0.29) is 5.95 Å². The van der Waals surface area contributed by atoms with Crippen LogP contribution in [0.3, 0.4) is 0 Å². The summed E-state index contributed by atoms with van der Waals surface area (Å²) in [6, 6.07) is 11.2. The van der Waals surface area contributed by atoms with Crippen molar-refractivity contribution in [2.24, 2.45) is 0 Å².